The molecule has 1 aromatic heterocycles. The van der Waals surface area contributed by atoms with Crippen molar-refractivity contribution in [1.82, 2.24) is 10.2 Å². The number of nitrogens with zero attached hydrogens (tertiary/aromatic N) is 1. The Morgan fingerprint density at radius 2 is 2.00 bits per heavy atom. The van der Waals surface area contributed by atoms with Gasteiger partial charge in [-0.2, -0.15) is 0 Å². The van der Waals surface area contributed by atoms with Crippen LogP contribution in [0.15, 0.2) is 35.7 Å². The Hall–Kier alpha value is -2.67. The largest absolute Gasteiger partial charge is 0.349 e. The number of hydrogen-bond donors (Lipinski definition) is 2. The highest BCUT2D eigenvalue weighted by atomic mass is 32.1. The number of hydrogen-bond acceptors (Lipinski definition) is 4. The van der Waals surface area contributed by atoms with E-state index in [1.807, 2.05) is 30.5 Å². The number of rotatable bonds is 6. The van der Waals surface area contributed by atoms with Crippen LogP contribution in [0, 0.1) is 6.92 Å². The number of carbonyl (C=O) groups is 3. The zero-order valence-electron chi connectivity index (χ0n) is 16.4. The Kier molecular flexibility index (Phi) is 5.67. The molecule has 2 fully saturated rings. The molecule has 4 rings (SSSR count). The van der Waals surface area contributed by atoms with Crippen LogP contribution < -0.4 is 10.6 Å². The summed E-state index contributed by atoms with van der Waals surface area (Å²) in [6, 6.07) is 9.01. The van der Waals surface area contributed by atoms with Crippen molar-refractivity contribution >= 4 is 34.7 Å². The van der Waals surface area contributed by atoms with E-state index in [4.69, 9.17) is 0 Å². The number of thiophene rings is 1. The SMILES string of the molecule is Cc1ccc(C(=O)NC2CC2)cc1NC(=O)C1CCCN1C(=O)Cc1cccs1. The lowest BCUT2D eigenvalue weighted by molar-refractivity contribution is -0.136. The molecule has 0 bridgehead atoms. The summed E-state index contributed by atoms with van der Waals surface area (Å²) in [7, 11) is 0. The van der Waals surface area contributed by atoms with E-state index in [9.17, 15) is 14.4 Å². The van der Waals surface area contributed by atoms with Crippen LogP contribution in [0.4, 0.5) is 5.69 Å². The first-order valence-electron chi connectivity index (χ1n) is 10.1. The molecular formula is C22H25N3O3S. The summed E-state index contributed by atoms with van der Waals surface area (Å²) in [6.45, 7) is 2.50. The maximum absolute atomic E-state index is 13.0. The van der Waals surface area contributed by atoms with Gasteiger partial charge in [-0.3, -0.25) is 14.4 Å². The first kappa shape index (κ1) is 19.6. The van der Waals surface area contributed by atoms with Gasteiger partial charge in [0.2, 0.25) is 11.8 Å². The molecule has 2 aromatic rings. The summed E-state index contributed by atoms with van der Waals surface area (Å²) in [4.78, 5) is 40.7. The van der Waals surface area contributed by atoms with Crippen LogP contribution in [0.1, 0.15) is 46.5 Å². The van der Waals surface area contributed by atoms with E-state index < -0.39 is 6.04 Å². The first-order chi connectivity index (χ1) is 14.0. The van der Waals surface area contributed by atoms with E-state index in [0.717, 1.165) is 29.7 Å². The number of amides is 3. The minimum Gasteiger partial charge on any atom is -0.349 e. The molecule has 0 radical (unpaired) electrons. The van der Waals surface area contributed by atoms with Crippen molar-refractivity contribution in [2.75, 3.05) is 11.9 Å². The van der Waals surface area contributed by atoms with E-state index in [1.54, 1.807) is 28.4 Å². The second kappa shape index (κ2) is 8.37. The average molecular weight is 412 g/mol. The monoisotopic (exact) mass is 411 g/mol. The number of likely N-dealkylation sites (tertiary alicyclic amines) is 1. The predicted molar refractivity (Wildman–Crippen MR) is 113 cm³/mol. The van der Waals surface area contributed by atoms with E-state index in [0.29, 0.717) is 30.6 Å². The summed E-state index contributed by atoms with van der Waals surface area (Å²) < 4.78 is 0. The molecule has 1 aromatic carbocycles. The summed E-state index contributed by atoms with van der Waals surface area (Å²) >= 11 is 1.55. The zero-order chi connectivity index (χ0) is 20.4. The summed E-state index contributed by atoms with van der Waals surface area (Å²) in [5.41, 5.74) is 2.04. The van der Waals surface area contributed by atoms with Crippen molar-refractivity contribution in [3.05, 3.63) is 51.7 Å². The first-order valence-corrected chi connectivity index (χ1v) is 10.9. The highest BCUT2D eigenvalue weighted by Gasteiger charge is 2.34. The molecular weight excluding hydrogens is 386 g/mol. The van der Waals surface area contributed by atoms with Gasteiger partial charge in [0.25, 0.3) is 5.91 Å². The van der Waals surface area contributed by atoms with Gasteiger partial charge in [-0.25, -0.2) is 0 Å². The van der Waals surface area contributed by atoms with Gasteiger partial charge in [-0.1, -0.05) is 12.1 Å². The Morgan fingerprint density at radius 3 is 2.72 bits per heavy atom. The second-order valence-corrected chi connectivity index (χ2v) is 8.80. The fourth-order valence-electron chi connectivity index (χ4n) is 3.61. The Morgan fingerprint density at radius 1 is 1.17 bits per heavy atom. The lowest BCUT2D eigenvalue weighted by atomic mass is 10.1. The fraction of sp³-hybridized carbons (Fsp3) is 0.409. The molecule has 2 heterocycles. The van der Waals surface area contributed by atoms with Gasteiger partial charge in [0.1, 0.15) is 6.04 Å². The van der Waals surface area contributed by atoms with E-state index in [-0.39, 0.29) is 23.8 Å². The Balaban J connectivity index is 1.43. The number of carbonyl (C=O) groups excluding carboxylic acids is 3. The fourth-order valence-corrected chi connectivity index (χ4v) is 4.31. The van der Waals surface area contributed by atoms with Gasteiger partial charge < -0.3 is 15.5 Å². The van der Waals surface area contributed by atoms with Crippen LogP contribution in [0.5, 0.6) is 0 Å². The van der Waals surface area contributed by atoms with Gasteiger partial charge >= 0.3 is 0 Å². The maximum atomic E-state index is 13.0. The van der Waals surface area contributed by atoms with Crippen molar-refractivity contribution in [2.45, 2.75) is 51.1 Å². The van der Waals surface area contributed by atoms with Gasteiger partial charge in [-0.15, -0.1) is 11.3 Å². The standard InChI is InChI=1S/C22H25N3O3S/c1-14-6-7-15(21(27)23-16-8-9-16)12-18(14)24-22(28)19-5-2-10-25(19)20(26)13-17-4-3-11-29-17/h3-4,6-7,11-12,16,19H,2,5,8-10,13H2,1H3,(H,23,27)(H,24,28). The van der Waals surface area contributed by atoms with Crippen LogP contribution in [0.25, 0.3) is 0 Å². The minimum absolute atomic E-state index is 0.0145. The van der Waals surface area contributed by atoms with Crippen LogP contribution in [0.2, 0.25) is 0 Å². The topological polar surface area (TPSA) is 78.5 Å². The Bertz CT molecular complexity index is 921. The van der Waals surface area contributed by atoms with Crippen molar-refractivity contribution in [2.24, 2.45) is 0 Å². The number of aryl methyl sites for hydroxylation is 1. The molecule has 1 aliphatic carbocycles. The van der Waals surface area contributed by atoms with Gasteiger partial charge in [-0.05, 0) is 61.7 Å². The predicted octanol–water partition coefficient (Wildman–Crippen LogP) is 3.12. The molecule has 1 aliphatic heterocycles. The van der Waals surface area contributed by atoms with Gasteiger partial charge in [0, 0.05) is 28.7 Å². The average Bonchev–Trinajstić information content (AvgIpc) is 3.17. The number of nitrogens with one attached hydrogen (secondary N) is 2. The van der Waals surface area contributed by atoms with E-state index >= 15 is 0 Å². The summed E-state index contributed by atoms with van der Waals surface area (Å²) in [5.74, 6) is -0.319. The highest BCUT2D eigenvalue weighted by Crippen LogP contribution is 2.24. The van der Waals surface area contributed by atoms with Crippen LogP contribution in [-0.2, 0) is 16.0 Å². The molecule has 152 valence electrons. The molecule has 3 amide bonds. The molecule has 2 aliphatic rings. The smallest absolute Gasteiger partial charge is 0.251 e. The van der Waals surface area contributed by atoms with Crippen LogP contribution in [-0.4, -0.2) is 41.2 Å². The molecule has 6 nitrogen and oxygen atoms in total. The quantitative estimate of drug-likeness (QED) is 0.767. The lowest BCUT2D eigenvalue weighted by Crippen LogP contribution is -2.43. The third-order valence-electron chi connectivity index (χ3n) is 5.45. The molecule has 0 spiro atoms. The summed E-state index contributed by atoms with van der Waals surface area (Å²) in [5, 5.41) is 7.86. The van der Waals surface area contributed by atoms with Crippen LogP contribution in [0.3, 0.4) is 0 Å². The van der Waals surface area contributed by atoms with Gasteiger partial charge in [0.05, 0.1) is 6.42 Å². The summed E-state index contributed by atoms with van der Waals surface area (Å²) in [6.07, 6.45) is 3.85. The number of anilines is 1. The number of benzene rings is 1. The molecule has 2 N–H and O–H groups in total. The molecule has 1 unspecified atom stereocenters. The van der Waals surface area contributed by atoms with Gasteiger partial charge in [0.15, 0.2) is 0 Å². The third-order valence-corrected chi connectivity index (χ3v) is 6.33. The molecule has 1 saturated heterocycles. The van der Waals surface area contributed by atoms with Crippen molar-refractivity contribution in [3.63, 3.8) is 0 Å². The Labute approximate surface area is 174 Å². The van der Waals surface area contributed by atoms with Crippen molar-refractivity contribution in [3.8, 4) is 0 Å². The molecule has 29 heavy (non-hydrogen) atoms. The maximum Gasteiger partial charge on any atom is 0.251 e. The van der Waals surface area contributed by atoms with E-state index in [2.05, 4.69) is 10.6 Å². The molecule has 1 saturated carbocycles. The zero-order valence-corrected chi connectivity index (χ0v) is 17.3. The molecule has 7 heteroatoms. The van der Waals surface area contributed by atoms with Crippen molar-refractivity contribution < 1.29 is 14.4 Å². The van der Waals surface area contributed by atoms with E-state index in [1.165, 1.54) is 0 Å². The highest BCUT2D eigenvalue weighted by molar-refractivity contribution is 7.10. The second-order valence-electron chi connectivity index (χ2n) is 7.77. The lowest BCUT2D eigenvalue weighted by Gasteiger charge is -2.24. The third kappa shape index (κ3) is 4.67. The molecule has 1 atom stereocenters. The minimum atomic E-state index is -0.467. The normalized spacial score (nSPS) is 18.5. The van der Waals surface area contributed by atoms with Crippen LogP contribution >= 0.6 is 11.3 Å². The van der Waals surface area contributed by atoms with Crippen molar-refractivity contribution in [1.29, 1.82) is 0 Å².